The van der Waals surface area contributed by atoms with Gasteiger partial charge in [0.15, 0.2) is 0 Å². The van der Waals surface area contributed by atoms with Crippen LogP contribution in [0.15, 0.2) is 30.3 Å². The second kappa shape index (κ2) is 7.26. The molecule has 1 N–H and O–H groups in total. The molecule has 0 aliphatic rings. The highest BCUT2D eigenvalue weighted by Gasteiger charge is 2.11. The average molecular weight is 345 g/mol. The number of hydrogen-bond acceptors (Lipinski definition) is 2. The first kappa shape index (κ1) is 16.3. The normalized spacial score (nSPS) is 10.5. The molecule has 5 heteroatoms. The molecule has 0 spiro atoms. The predicted octanol–water partition coefficient (Wildman–Crippen LogP) is 5.97. The van der Waals surface area contributed by atoms with Crippen LogP contribution < -0.4 is 10.1 Å². The molecule has 0 saturated heterocycles. The second-order valence-corrected chi connectivity index (χ2v) is 5.90. The van der Waals surface area contributed by atoms with Crippen LogP contribution in [-0.2, 0) is 6.54 Å². The lowest BCUT2D eigenvalue weighted by atomic mass is 10.1. The van der Waals surface area contributed by atoms with Gasteiger partial charge in [-0.3, -0.25) is 0 Å². The summed E-state index contributed by atoms with van der Waals surface area (Å²) in [6.07, 6.45) is 0. The van der Waals surface area contributed by atoms with Crippen LogP contribution in [0.3, 0.4) is 0 Å². The van der Waals surface area contributed by atoms with E-state index in [1.165, 1.54) is 0 Å². The molecule has 0 saturated carbocycles. The lowest BCUT2D eigenvalue weighted by molar-refractivity contribution is 0.337. The molecule has 0 aliphatic heterocycles. The quantitative estimate of drug-likeness (QED) is 0.722. The van der Waals surface area contributed by atoms with Gasteiger partial charge in [0.05, 0.1) is 11.6 Å². The van der Waals surface area contributed by atoms with Crippen LogP contribution in [0.1, 0.15) is 18.1 Å². The highest BCUT2D eigenvalue weighted by Crippen LogP contribution is 2.33. The van der Waals surface area contributed by atoms with Gasteiger partial charge < -0.3 is 10.1 Å². The smallest absolute Gasteiger partial charge is 0.142 e. The molecular weight excluding hydrogens is 329 g/mol. The first-order chi connectivity index (χ1) is 10.0. The Bertz CT molecular complexity index is 644. The van der Waals surface area contributed by atoms with E-state index in [0.29, 0.717) is 34.0 Å². The third-order valence-corrected chi connectivity index (χ3v) is 3.78. The van der Waals surface area contributed by atoms with Gasteiger partial charge in [-0.1, -0.05) is 40.9 Å². The van der Waals surface area contributed by atoms with Gasteiger partial charge in [0.2, 0.25) is 0 Å². The van der Waals surface area contributed by atoms with Crippen LogP contribution in [0.5, 0.6) is 5.75 Å². The van der Waals surface area contributed by atoms with Crippen molar-refractivity contribution in [3.05, 3.63) is 56.5 Å². The number of aryl methyl sites for hydroxylation is 1. The zero-order valence-corrected chi connectivity index (χ0v) is 14.1. The Morgan fingerprint density at radius 2 is 1.81 bits per heavy atom. The topological polar surface area (TPSA) is 21.3 Å². The first-order valence-corrected chi connectivity index (χ1v) is 7.75. The number of ether oxygens (including phenoxy) is 1. The zero-order chi connectivity index (χ0) is 15.4. The Hall–Kier alpha value is -1.09. The Morgan fingerprint density at radius 1 is 1.05 bits per heavy atom. The fraction of sp³-hybridized carbons (Fsp3) is 0.250. The molecule has 2 aromatic carbocycles. The molecular formula is C16H16Cl3NO. The van der Waals surface area contributed by atoms with Gasteiger partial charge in [-0.15, -0.1) is 0 Å². The lowest BCUT2D eigenvalue weighted by Gasteiger charge is -2.15. The van der Waals surface area contributed by atoms with E-state index in [-0.39, 0.29) is 0 Å². The fourth-order valence-electron chi connectivity index (χ4n) is 2.03. The molecule has 21 heavy (non-hydrogen) atoms. The Kier molecular flexibility index (Phi) is 5.63. The van der Waals surface area contributed by atoms with E-state index >= 15 is 0 Å². The Balaban J connectivity index is 2.25. The maximum atomic E-state index is 6.19. The summed E-state index contributed by atoms with van der Waals surface area (Å²) < 4.78 is 5.61. The third kappa shape index (κ3) is 4.19. The number of anilines is 1. The summed E-state index contributed by atoms with van der Waals surface area (Å²) in [6.45, 7) is 5.04. The fourth-order valence-corrected chi connectivity index (χ4v) is 2.79. The largest absolute Gasteiger partial charge is 0.492 e. The summed E-state index contributed by atoms with van der Waals surface area (Å²) in [5.74, 6) is 0.663. The number of nitrogens with one attached hydrogen (secondary N) is 1. The van der Waals surface area contributed by atoms with Crippen molar-refractivity contribution >= 4 is 40.5 Å². The van der Waals surface area contributed by atoms with Crippen LogP contribution in [0.4, 0.5) is 5.69 Å². The first-order valence-electron chi connectivity index (χ1n) is 6.62. The monoisotopic (exact) mass is 343 g/mol. The zero-order valence-electron chi connectivity index (χ0n) is 11.8. The molecule has 112 valence electrons. The Labute approximate surface area is 140 Å². The maximum Gasteiger partial charge on any atom is 0.142 e. The van der Waals surface area contributed by atoms with Crippen molar-refractivity contribution in [2.75, 3.05) is 11.9 Å². The number of halogens is 3. The minimum Gasteiger partial charge on any atom is -0.492 e. The summed E-state index contributed by atoms with van der Waals surface area (Å²) >= 11 is 18.3. The van der Waals surface area contributed by atoms with Crippen molar-refractivity contribution in [3.63, 3.8) is 0 Å². The molecule has 0 fully saturated rings. The van der Waals surface area contributed by atoms with Crippen molar-refractivity contribution in [3.8, 4) is 5.75 Å². The maximum absolute atomic E-state index is 6.19. The van der Waals surface area contributed by atoms with Crippen molar-refractivity contribution in [1.29, 1.82) is 0 Å². The molecule has 0 aromatic heterocycles. The molecule has 0 radical (unpaired) electrons. The highest BCUT2D eigenvalue weighted by atomic mass is 35.5. The van der Waals surface area contributed by atoms with E-state index in [0.717, 1.165) is 16.8 Å². The van der Waals surface area contributed by atoms with Gasteiger partial charge in [-0.25, -0.2) is 0 Å². The molecule has 0 heterocycles. The number of hydrogen-bond donors (Lipinski definition) is 1. The molecule has 2 aromatic rings. The molecule has 0 amide bonds. The minimum atomic E-state index is 0.518. The SMILES string of the molecule is CCOc1c(Cl)cc(Cl)cc1CNc1cc(Cl)ccc1C. The minimum absolute atomic E-state index is 0.518. The molecule has 0 unspecified atom stereocenters. The summed E-state index contributed by atoms with van der Waals surface area (Å²) in [5.41, 5.74) is 3.00. The molecule has 0 bridgehead atoms. The van der Waals surface area contributed by atoms with Crippen molar-refractivity contribution in [1.82, 2.24) is 0 Å². The molecule has 2 rings (SSSR count). The standard InChI is InChI=1S/C16H16Cl3NO/c1-3-21-16-11(6-13(18)7-14(16)19)9-20-15-8-12(17)5-4-10(15)2/h4-8,20H,3,9H2,1-2H3. The van der Waals surface area contributed by atoms with E-state index in [4.69, 9.17) is 39.5 Å². The van der Waals surface area contributed by atoms with Gasteiger partial charge in [0, 0.05) is 27.8 Å². The second-order valence-electron chi connectivity index (χ2n) is 4.62. The van der Waals surface area contributed by atoms with Crippen LogP contribution in [0.25, 0.3) is 0 Å². The summed E-state index contributed by atoms with van der Waals surface area (Å²) in [4.78, 5) is 0. The number of benzene rings is 2. The van der Waals surface area contributed by atoms with E-state index in [1.54, 1.807) is 6.07 Å². The van der Waals surface area contributed by atoms with Crippen molar-refractivity contribution < 1.29 is 4.74 Å². The van der Waals surface area contributed by atoms with Crippen LogP contribution in [0, 0.1) is 6.92 Å². The van der Waals surface area contributed by atoms with Crippen LogP contribution in [-0.4, -0.2) is 6.61 Å². The molecule has 0 atom stereocenters. The predicted molar refractivity (Wildman–Crippen MR) is 91.1 cm³/mol. The summed E-state index contributed by atoms with van der Waals surface area (Å²) in [5, 5.41) is 5.14. The summed E-state index contributed by atoms with van der Waals surface area (Å²) in [6, 6.07) is 9.26. The molecule has 2 nitrogen and oxygen atoms in total. The summed E-state index contributed by atoms with van der Waals surface area (Å²) in [7, 11) is 0. The average Bonchev–Trinajstić information content (AvgIpc) is 2.43. The molecule has 0 aliphatic carbocycles. The van der Waals surface area contributed by atoms with Crippen LogP contribution in [0.2, 0.25) is 15.1 Å². The van der Waals surface area contributed by atoms with E-state index in [9.17, 15) is 0 Å². The van der Waals surface area contributed by atoms with E-state index < -0.39 is 0 Å². The van der Waals surface area contributed by atoms with E-state index in [1.807, 2.05) is 38.1 Å². The van der Waals surface area contributed by atoms with Gasteiger partial charge in [0.25, 0.3) is 0 Å². The third-order valence-electron chi connectivity index (χ3n) is 3.04. The Morgan fingerprint density at radius 3 is 2.52 bits per heavy atom. The number of rotatable bonds is 5. The highest BCUT2D eigenvalue weighted by molar-refractivity contribution is 6.35. The lowest BCUT2D eigenvalue weighted by Crippen LogP contribution is -2.05. The van der Waals surface area contributed by atoms with Crippen molar-refractivity contribution in [2.45, 2.75) is 20.4 Å². The van der Waals surface area contributed by atoms with Gasteiger partial charge in [-0.05, 0) is 43.7 Å². The van der Waals surface area contributed by atoms with Crippen molar-refractivity contribution in [2.24, 2.45) is 0 Å². The van der Waals surface area contributed by atoms with Gasteiger partial charge in [0.1, 0.15) is 5.75 Å². The van der Waals surface area contributed by atoms with Crippen LogP contribution >= 0.6 is 34.8 Å². The van der Waals surface area contributed by atoms with Gasteiger partial charge >= 0.3 is 0 Å². The van der Waals surface area contributed by atoms with E-state index in [2.05, 4.69) is 5.32 Å². The van der Waals surface area contributed by atoms with Gasteiger partial charge in [-0.2, -0.15) is 0 Å².